The molecule has 22 rings (SSSR count). The summed E-state index contributed by atoms with van der Waals surface area (Å²) in [6.45, 7) is 40.3. The number of fused-ring (bicyclic) bond motifs is 18. The van der Waals surface area contributed by atoms with Crippen molar-refractivity contribution in [2.24, 2.45) is 0 Å². The molecule has 18 aromatic rings. The van der Waals surface area contributed by atoms with Gasteiger partial charge in [0.25, 0.3) is 0 Å². The van der Waals surface area contributed by atoms with E-state index in [1.165, 1.54) is 236 Å². The lowest BCUT2D eigenvalue weighted by atomic mass is 9.76. The molecular formula is C112H96. The van der Waals surface area contributed by atoms with Crippen LogP contribution in [0.25, 0.3) is 175 Å². The average Bonchev–Trinajstić information content (AvgIpc) is 0.889. The van der Waals surface area contributed by atoms with E-state index in [1.54, 1.807) is 0 Å². The SMILES string of the molecule is CC(C)(C)c1ccc2c(c1)C(C)(C)c1cc(-c3ccc4c(c3)C(C)(C)c3cc(-c5ccc6c7ccccc7c7cccc8ccc5c6c87)ccc3-4)ccc1-2.CC(C)(C)c1ccc2c(c1)C(C)(C)c1cc(C(C)(C)C)cc(-c3ccc4c(c3)C(C)(C)c3cc(-c5ccc6c7ccccc7c7cccc8ccc5c6c87)ccc3-4)c1-2. The molecule has 0 saturated heterocycles. The molecule has 4 aliphatic rings. The highest BCUT2D eigenvalue weighted by atomic mass is 14.5. The van der Waals surface area contributed by atoms with Gasteiger partial charge in [-0.2, -0.15) is 0 Å². The Labute approximate surface area is 660 Å². The minimum absolute atomic E-state index is 0.0199. The minimum Gasteiger partial charge on any atom is -0.0616 e. The molecule has 0 bridgehead atoms. The van der Waals surface area contributed by atoms with Gasteiger partial charge in [-0.1, -0.05) is 354 Å². The van der Waals surface area contributed by atoms with Crippen LogP contribution in [0.2, 0.25) is 0 Å². The number of hydrogen-bond acceptors (Lipinski definition) is 0. The summed E-state index contributed by atoms with van der Waals surface area (Å²) in [6, 6.07) is 106. The highest BCUT2D eigenvalue weighted by Crippen LogP contribution is 2.59. The van der Waals surface area contributed by atoms with Gasteiger partial charge in [-0.15, -0.1) is 0 Å². The molecule has 112 heavy (non-hydrogen) atoms. The van der Waals surface area contributed by atoms with Crippen molar-refractivity contribution >= 4 is 86.2 Å². The summed E-state index contributed by atoms with van der Waals surface area (Å²) in [5.41, 5.74) is 36.8. The quantitative estimate of drug-likeness (QED) is 0.122. The summed E-state index contributed by atoms with van der Waals surface area (Å²) in [4.78, 5) is 0. The Morgan fingerprint density at radius 1 is 0.179 bits per heavy atom. The van der Waals surface area contributed by atoms with Gasteiger partial charge in [0, 0.05) is 21.7 Å². The molecule has 0 aliphatic heterocycles. The van der Waals surface area contributed by atoms with E-state index in [0.717, 1.165) is 0 Å². The van der Waals surface area contributed by atoms with Gasteiger partial charge in [-0.05, 0) is 289 Å². The summed E-state index contributed by atoms with van der Waals surface area (Å²) in [5.74, 6) is 0. The van der Waals surface area contributed by atoms with E-state index in [4.69, 9.17) is 0 Å². The van der Waals surface area contributed by atoms with Gasteiger partial charge < -0.3 is 0 Å². The van der Waals surface area contributed by atoms with Crippen LogP contribution in [-0.2, 0) is 37.9 Å². The van der Waals surface area contributed by atoms with Crippen LogP contribution in [0.5, 0.6) is 0 Å². The van der Waals surface area contributed by atoms with E-state index in [0.29, 0.717) is 0 Å². The van der Waals surface area contributed by atoms with E-state index in [-0.39, 0.29) is 37.9 Å². The molecule has 0 heterocycles. The largest absolute Gasteiger partial charge is 0.0616 e. The summed E-state index contributed by atoms with van der Waals surface area (Å²) in [7, 11) is 0. The third-order valence-corrected chi connectivity index (χ3v) is 27.7. The zero-order chi connectivity index (χ0) is 77.1. The molecule has 4 aliphatic carbocycles. The van der Waals surface area contributed by atoms with E-state index in [1.807, 2.05) is 0 Å². The van der Waals surface area contributed by atoms with Gasteiger partial charge in [0.05, 0.1) is 0 Å². The van der Waals surface area contributed by atoms with Crippen LogP contribution in [0.1, 0.15) is 179 Å². The second-order valence-electron chi connectivity index (χ2n) is 38.7. The van der Waals surface area contributed by atoms with Gasteiger partial charge in [0.2, 0.25) is 0 Å². The van der Waals surface area contributed by atoms with Crippen molar-refractivity contribution in [2.75, 3.05) is 0 Å². The van der Waals surface area contributed by atoms with Crippen LogP contribution < -0.4 is 0 Å². The van der Waals surface area contributed by atoms with E-state index in [9.17, 15) is 0 Å². The molecule has 0 amide bonds. The molecule has 0 fully saturated rings. The fourth-order valence-corrected chi connectivity index (χ4v) is 21.3. The predicted octanol–water partition coefficient (Wildman–Crippen LogP) is 31.3. The van der Waals surface area contributed by atoms with Crippen molar-refractivity contribution < 1.29 is 0 Å². The zero-order valence-corrected chi connectivity index (χ0v) is 68.0. The lowest BCUT2D eigenvalue weighted by Crippen LogP contribution is -2.19. The van der Waals surface area contributed by atoms with Crippen molar-refractivity contribution in [3.63, 3.8) is 0 Å². The molecule has 0 nitrogen and oxygen atoms in total. The monoisotopic (exact) mass is 1440 g/mol. The first-order valence-corrected chi connectivity index (χ1v) is 40.9. The molecule has 0 N–H and O–H groups in total. The van der Waals surface area contributed by atoms with Crippen LogP contribution >= 0.6 is 0 Å². The third kappa shape index (κ3) is 9.66. The van der Waals surface area contributed by atoms with E-state index in [2.05, 4.69) is 391 Å². The molecule has 0 radical (unpaired) electrons. The summed E-state index contributed by atoms with van der Waals surface area (Å²) >= 11 is 0. The second kappa shape index (κ2) is 23.1. The smallest absolute Gasteiger partial charge is 0.0159 e. The Morgan fingerprint density at radius 2 is 0.455 bits per heavy atom. The lowest BCUT2D eigenvalue weighted by molar-refractivity contribution is 0.580. The van der Waals surface area contributed by atoms with Gasteiger partial charge >= 0.3 is 0 Å². The van der Waals surface area contributed by atoms with Crippen LogP contribution in [0.15, 0.2) is 273 Å². The summed E-state index contributed by atoms with van der Waals surface area (Å²) in [5, 5.41) is 21.4. The van der Waals surface area contributed by atoms with Crippen LogP contribution in [0.4, 0.5) is 0 Å². The first-order chi connectivity index (χ1) is 53.4. The Kier molecular flexibility index (Phi) is 14.2. The number of rotatable bonds is 4. The van der Waals surface area contributed by atoms with Crippen molar-refractivity contribution in [1.29, 1.82) is 0 Å². The molecule has 0 spiro atoms. The number of hydrogen-bond donors (Lipinski definition) is 0. The fraction of sp³-hybridized carbons (Fsp3) is 0.214. The van der Waals surface area contributed by atoms with Gasteiger partial charge in [0.15, 0.2) is 0 Å². The van der Waals surface area contributed by atoms with Gasteiger partial charge in [-0.25, -0.2) is 0 Å². The Hall–Kier alpha value is -11.4. The molecule has 0 atom stereocenters. The van der Waals surface area contributed by atoms with Crippen LogP contribution in [0, 0.1) is 0 Å². The number of benzene rings is 18. The minimum atomic E-state index is -0.166. The molecule has 18 aromatic carbocycles. The Balaban J connectivity index is 0.000000142. The van der Waals surface area contributed by atoms with Crippen molar-refractivity contribution in [1.82, 2.24) is 0 Å². The fourth-order valence-electron chi connectivity index (χ4n) is 21.3. The lowest BCUT2D eigenvalue weighted by Gasteiger charge is -2.28. The topological polar surface area (TPSA) is 0 Å². The molecule has 0 aromatic heterocycles. The molecule has 0 heteroatoms. The standard InChI is InChI=1S/C58H52.C54H44/c1-55(2,3)36-21-25-46-50(31-36)58(9,10)51-32-37(56(4,5)6)30-47(53(46)51)35-20-23-42-41-22-19-34(28-48(41)57(7,8)49(42)29-35)38-26-27-45-40-16-12-11-15-39(40)43-17-13-14-33-18-24-44(38)54(45)52(33)43;1-52(2,3)35-19-24-42-40-21-17-33(28-47(40)54(6,7)49(42)30-35)32-16-20-39-41-22-18-34(29-48(41)53(4,5)46(39)27-32)36-25-26-45-38-13-9-8-12-37(38)43-14-10-11-31-15-23-44(36)51(45)50(31)43/h11-32H,1-10H3;8-30H,1-7H3. The Morgan fingerprint density at radius 3 is 0.839 bits per heavy atom. The normalized spacial score (nSPS) is 15.3. The highest BCUT2D eigenvalue weighted by molar-refractivity contribution is 6.36. The first-order valence-electron chi connectivity index (χ1n) is 40.9. The maximum absolute atomic E-state index is 2.53. The van der Waals surface area contributed by atoms with Crippen molar-refractivity contribution in [3.8, 4) is 89.0 Å². The Bertz CT molecular complexity index is 7150. The summed E-state index contributed by atoms with van der Waals surface area (Å²) in [6.07, 6.45) is 0. The second-order valence-corrected chi connectivity index (χ2v) is 38.7. The average molecular weight is 1440 g/mol. The highest BCUT2D eigenvalue weighted by Gasteiger charge is 2.43. The van der Waals surface area contributed by atoms with E-state index < -0.39 is 0 Å². The predicted molar refractivity (Wildman–Crippen MR) is 483 cm³/mol. The third-order valence-electron chi connectivity index (χ3n) is 27.7. The summed E-state index contributed by atoms with van der Waals surface area (Å²) < 4.78 is 0. The van der Waals surface area contributed by atoms with Gasteiger partial charge in [0.1, 0.15) is 0 Å². The van der Waals surface area contributed by atoms with Crippen molar-refractivity contribution in [2.45, 2.75) is 156 Å². The molecular weight excluding hydrogens is 1350 g/mol. The van der Waals surface area contributed by atoms with Gasteiger partial charge in [-0.3, -0.25) is 0 Å². The molecule has 0 saturated carbocycles. The maximum atomic E-state index is 2.53. The van der Waals surface area contributed by atoms with Crippen LogP contribution in [0.3, 0.4) is 0 Å². The molecule has 544 valence electrons. The molecule has 0 unspecified atom stereocenters. The van der Waals surface area contributed by atoms with Crippen LogP contribution in [-0.4, -0.2) is 0 Å². The first kappa shape index (κ1) is 68.6. The van der Waals surface area contributed by atoms with Crippen molar-refractivity contribution in [3.05, 3.63) is 334 Å². The van der Waals surface area contributed by atoms with E-state index >= 15 is 0 Å². The maximum Gasteiger partial charge on any atom is 0.0159 e. The zero-order valence-electron chi connectivity index (χ0n) is 68.0.